The molecule has 1 atom stereocenters. The van der Waals surface area contributed by atoms with Gasteiger partial charge in [0.25, 0.3) is 0 Å². The Bertz CT molecular complexity index is 354. The molecule has 1 rings (SSSR count). The summed E-state index contributed by atoms with van der Waals surface area (Å²) in [5.41, 5.74) is 1.47. The fourth-order valence-corrected chi connectivity index (χ4v) is 1.26. The van der Waals surface area contributed by atoms with Gasteiger partial charge in [-0.3, -0.25) is 9.59 Å². The number of halogens is 1. The molecule has 74 valence electrons. The first-order chi connectivity index (χ1) is 6.52. The van der Waals surface area contributed by atoms with Gasteiger partial charge in [0.15, 0.2) is 5.78 Å². The van der Waals surface area contributed by atoms with Gasteiger partial charge < -0.3 is 0 Å². The van der Waals surface area contributed by atoms with Gasteiger partial charge in [-0.1, -0.05) is 31.2 Å². The Morgan fingerprint density at radius 3 is 2.07 bits per heavy atom. The average Bonchev–Trinajstić information content (AvgIpc) is 2.16. The maximum absolute atomic E-state index is 11.0. The smallest absolute Gasteiger partial charge is 0.228 e. The number of Topliss-reactive ketones (excluding diaryl/α,β-unsaturated/α-hetero) is 1. The molecule has 2 nitrogen and oxygen atoms in total. The van der Waals surface area contributed by atoms with E-state index in [1.54, 1.807) is 31.2 Å². The third kappa shape index (κ3) is 2.42. The zero-order valence-corrected chi connectivity index (χ0v) is 8.84. The molecule has 0 bridgehead atoms. The molecule has 0 aliphatic carbocycles. The highest BCUT2D eigenvalue weighted by atomic mass is 35.5. The first-order valence-electron chi connectivity index (χ1n) is 4.32. The minimum absolute atomic E-state index is 0.0152. The quantitative estimate of drug-likeness (QED) is 0.568. The van der Waals surface area contributed by atoms with Crippen LogP contribution in [0.25, 0.3) is 0 Å². The van der Waals surface area contributed by atoms with Gasteiger partial charge in [0.2, 0.25) is 5.24 Å². The van der Waals surface area contributed by atoms with Crippen molar-refractivity contribution >= 4 is 22.6 Å². The van der Waals surface area contributed by atoms with Crippen molar-refractivity contribution in [2.45, 2.75) is 19.8 Å². The number of hydrogen-bond acceptors (Lipinski definition) is 2. The topological polar surface area (TPSA) is 34.1 Å². The molecule has 0 spiro atoms. The molecule has 0 radical (unpaired) electrons. The molecule has 0 aliphatic heterocycles. The van der Waals surface area contributed by atoms with Gasteiger partial charge in [-0.05, 0) is 24.1 Å². The molecule has 0 unspecified atom stereocenters. The van der Waals surface area contributed by atoms with Crippen LogP contribution >= 0.6 is 11.6 Å². The fraction of sp³-hybridized carbons (Fsp3) is 0.273. The van der Waals surface area contributed by atoms with Gasteiger partial charge in [-0.2, -0.15) is 0 Å². The zero-order valence-electron chi connectivity index (χ0n) is 8.08. The molecular formula is C11H11ClO2. The van der Waals surface area contributed by atoms with Crippen LogP contribution in [0, 0.1) is 0 Å². The molecule has 0 amide bonds. The van der Waals surface area contributed by atoms with Gasteiger partial charge in [0.1, 0.15) is 0 Å². The Labute approximate surface area is 87.9 Å². The van der Waals surface area contributed by atoms with Crippen molar-refractivity contribution in [3.05, 3.63) is 35.4 Å². The van der Waals surface area contributed by atoms with Gasteiger partial charge in [0.05, 0.1) is 5.92 Å². The van der Waals surface area contributed by atoms with Gasteiger partial charge >= 0.3 is 0 Å². The number of carbonyl (C=O) groups is 2. The standard InChI is InChI=1S/C11H11ClO2/c1-7(11(12)14)9-3-5-10(6-4-9)8(2)13/h3-7H,1-2H3/t7-/m1/s1. The van der Waals surface area contributed by atoms with Crippen molar-refractivity contribution in [3.8, 4) is 0 Å². The zero-order chi connectivity index (χ0) is 10.7. The lowest BCUT2D eigenvalue weighted by molar-refractivity contribution is -0.112. The van der Waals surface area contributed by atoms with E-state index in [2.05, 4.69) is 0 Å². The van der Waals surface area contributed by atoms with Gasteiger partial charge in [-0.25, -0.2) is 0 Å². The van der Waals surface area contributed by atoms with E-state index < -0.39 is 0 Å². The molecule has 0 aliphatic rings. The van der Waals surface area contributed by atoms with Crippen LogP contribution in [0.15, 0.2) is 24.3 Å². The minimum atomic E-state index is -0.388. The van der Waals surface area contributed by atoms with Crippen molar-refractivity contribution in [1.29, 1.82) is 0 Å². The largest absolute Gasteiger partial charge is 0.295 e. The van der Waals surface area contributed by atoms with Crippen LogP contribution in [0.2, 0.25) is 0 Å². The van der Waals surface area contributed by atoms with E-state index >= 15 is 0 Å². The summed E-state index contributed by atoms with van der Waals surface area (Å²) in [4.78, 5) is 21.8. The van der Waals surface area contributed by atoms with Gasteiger partial charge in [0, 0.05) is 5.56 Å². The molecule has 0 heterocycles. The van der Waals surface area contributed by atoms with Crippen molar-refractivity contribution in [1.82, 2.24) is 0 Å². The lowest BCUT2D eigenvalue weighted by atomic mass is 10.0. The predicted octanol–water partition coefficient (Wildman–Crippen LogP) is 2.76. The number of benzene rings is 1. The summed E-state index contributed by atoms with van der Waals surface area (Å²) in [5, 5.41) is -0.388. The molecule has 1 aromatic carbocycles. The monoisotopic (exact) mass is 210 g/mol. The summed E-state index contributed by atoms with van der Waals surface area (Å²) in [6.45, 7) is 3.24. The summed E-state index contributed by atoms with van der Waals surface area (Å²) in [6.07, 6.45) is 0. The Kier molecular flexibility index (Phi) is 3.42. The Morgan fingerprint density at radius 1 is 1.21 bits per heavy atom. The van der Waals surface area contributed by atoms with Crippen LogP contribution in [0.5, 0.6) is 0 Å². The Balaban J connectivity index is 2.94. The van der Waals surface area contributed by atoms with Crippen LogP contribution in [-0.2, 0) is 4.79 Å². The molecule has 0 saturated carbocycles. The summed E-state index contributed by atoms with van der Waals surface area (Å²) in [5.74, 6) is -0.306. The van der Waals surface area contributed by atoms with Crippen LogP contribution < -0.4 is 0 Å². The first-order valence-corrected chi connectivity index (χ1v) is 4.70. The highest BCUT2D eigenvalue weighted by Crippen LogP contribution is 2.18. The van der Waals surface area contributed by atoms with E-state index in [0.29, 0.717) is 5.56 Å². The highest BCUT2D eigenvalue weighted by Gasteiger charge is 2.12. The molecular weight excluding hydrogens is 200 g/mol. The van der Waals surface area contributed by atoms with E-state index in [-0.39, 0.29) is 16.9 Å². The Morgan fingerprint density at radius 2 is 1.71 bits per heavy atom. The summed E-state index contributed by atoms with van der Waals surface area (Å²) in [6, 6.07) is 6.91. The molecule has 0 N–H and O–H groups in total. The van der Waals surface area contributed by atoms with Crippen LogP contribution in [0.4, 0.5) is 0 Å². The lowest BCUT2D eigenvalue weighted by Crippen LogP contribution is -2.02. The summed E-state index contributed by atoms with van der Waals surface area (Å²) < 4.78 is 0. The first kappa shape index (κ1) is 10.9. The molecule has 0 fully saturated rings. The van der Waals surface area contributed by atoms with Crippen molar-refractivity contribution in [2.24, 2.45) is 0 Å². The third-order valence-corrected chi connectivity index (χ3v) is 2.48. The number of ketones is 1. The predicted molar refractivity (Wildman–Crippen MR) is 55.7 cm³/mol. The van der Waals surface area contributed by atoms with E-state index in [0.717, 1.165) is 5.56 Å². The SMILES string of the molecule is CC(=O)c1ccc([C@@H](C)C(=O)Cl)cc1. The number of carbonyl (C=O) groups excluding carboxylic acids is 2. The number of hydrogen-bond donors (Lipinski definition) is 0. The van der Waals surface area contributed by atoms with Crippen molar-refractivity contribution in [3.63, 3.8) is 0 Å². The fourth-order valence-electron chi connectivity index (χ4n) is 1.14. The normalized spacial score (nSPS) is 12.2. The number of rotatable bonds is 3. The second-order valence-electron chi connectivity index (χ2n) is 3.20. The molecule has 0 saturated heterocycles. The average molecular weight is 211 g/mol. The second-order valence-corrected chi connectivity index (χ2v) is 3.58. The molecule has 0 aromatic heterocycles. The Hall–Kier alpha value is -1.15. The van der Waals surface area contributed by atoms with E-state index in [1.807, 2.05) is 0 Å². The second kappa shape index (κ2) is 4.38. The molecule has 3 heteroatoms. The minimum Gasteiger partial charge on any atom is -0.295 e. The lowest BCUT2D eigenvalue weighted by Gasteiger charge is -2.06. The van der Waals surface area contributed by atoms with Crippen LogP contribution in [0.1, 0.15) is 35.7 Å². The van der Waals surface area contributed by atoms with Crippen molar-refractivity contribution < 1.29 is 9.59 Å². The molecule has 1 aromatic rings. The van der Waals surface area contributed by atoms with Crippen LogP contribution in [0.3, 0.4) is 0 Å². The highest BCUT2D eigenvalue weighted by molar-refractivity contribution is 6.64. The summed E-state index contributed by atoms with van der Waals surface area (Å²) in [7, 11) is 0. The van der Waals surface area contributed by atoms with Crippen LogP contribution in [-0.4, -0.2) is 11.0 Å². The van der Waals surface area contributed by atoms with E-state index in [4.69, 9.17) is 11.6 Å². The van der Waals surface area contributed by atoms with Crippen molar-refractivity contribution in [2.75, 3.05) is 0 Å². The summed E-state index contributed by atoms with van der Waals surface area (Å²) >= 11 is 5.36. The third-order valence-electron chi connectivity index (χ3n) is 2.16. The maximum Gasteiger partial charge on any atom is 0.228 e. The van der Waals surface area contributed by atoms with E-state index in [9.17, 15) is 9.59 Å². The van der Waals surface area contributed by atoms with Gasteiger partial charge in [-0.15, -0.1) is 0 Å². The van der Waals surface area contributed by atoms with E-state index in [1.165, 1.54) is 6.92 Å². The molecule has 14 heavy (non-hydrogen) atoms. The maximum atomic E-state index is 11.0.